The maximum Gasteiger partial charge on any atom is 0.324 e. The van der Waals surface area contributed by atoms with Gasteiger partial charge in [-0.25, -0.2) is 19.7 Å². The van der Waals surface area contributed by atoms with Crippen molar-refractivity contribution in [3.63, 3.8) is 0 Å². The Bertz CT molecular complexity index is 1450. The summed E-state index contributed by atoms with van der Waals surface area (Å²) in [6.45, 7) is 0. The van der Waals surface area contributed by atoms with Crippen molar-refractivity contribution >= 4 is 34.7 Å². The first-order chi connectivity index (χ1) is 18.6. The van der Waals surface area contributed by atoms with Gasteiger partial charge in [0.1, 0.15) is 18.5 Å². The van der Waals surface area contributed by atoms with Gasteiger partial charge in [0.15, 0.2) is 29.5 Å². The van der Waals surface area contributed by atoms with Gasteiger partial charge in [0, 0.05) is 17.7 Å². The van der Waals surface area contributed by atoms with Gasteiger partial charge >= 0.3 is 12.0 Å². The number of amides is 2. The minimum absolute atomic E-state index is 0.0720. The molecule has 12 heteroatoms. The number of fused-ring (bicyclic) bond motifs is 2. The molecule has 2 aliphatic heterocycles. The molecule has 38 heavy (non-hydrogen) atoms. The highest BCUT2D eigenvalue weighted by Crippen LogP contribution is 2.45. The summed E-state index contributed by atoms with van der Waals surface area (Å²) in [4.78, 5) is 36.8. The van der Waals surface area contributed by atoms with Gasteiger partial charge in [-0.3, -0.25) is 14.7 Å². The van der Waals surface area contributed by atoms with Crippen molar-refractivity contribution in [2.45, 2.75) is 43.7 Å². The van der Waals surface area contributed by atoms with Crippen LogP contribution in [0.25, 0.3) is 11.2 Å². The van der Waals surface area contributed by atoms with Gasteiger partial charge in [-0.15, -0.1) is 0 Å². The summed E-state index contributed by atoms with van der Waals surface area (Å²) in [5.74, 6) is -0.692. The number of aliphatic carboxylic acids is 1. The molecule has 0 spiro atoms. The molecule has 2 unspecified atom stereocenters. The first kappa shape index (κ1) is 24.0. The van der Waals surface area contributed by atoms with Gasteiger partial charge in [0.2, 0.25) is 0 Å². The van der Waals surface area contributed by atoms with Crippen LogP contribution in [-0.2, 0) is 19.0 Å². The van der Waals surface area contributed by atoms with Crippen molar-refractivity contribution in [2.24, 2.45) is 0 Å². The number of benzene rings is 2. The van der Waals surface area contributed by atoms with E-state index < -0.39 is 42.8 Å². The number of carbonyl (C=O) groups is 2. The van der Waals surface area contributed by atoms with E-state index in [4.69, 9.17) is 14.2 Å². The number of hydrogen-bond acceptors (Lipinski definition) is 8. The van der Waals surface area contributed by atoms with E-state index >= 15 is 0 Å². The van der Waals surface area contributed by atoms with Crippen LogP contribution in [0.5, 0.6) is 0 Å². The second-order valence-corrected chi connectivity index (χ2v) is 8.93. The highest BCUT2D eigenvalue weighted by molar-refractivity contribution is 6.02. The van der Waals surface area contributed by atoms with Crippen molar-refractivity contribution in [3.8, 4) is 0 Å². The van der Waals surface area contributed by atoms with Gasteiger partial charge < -0.3 is 24.6 Å². The molecule has 2 fully saturated rings. The summed E-state index contributed by atoms with van der Waals surface area (Å²) < 4.78 is 20.5. The predicted octanol–water partition coefficient (Wildman–Crippen LogP) is 3.72. The molecule has 2 aromatic carbocycles. The van der Waals surface area contributed by atoms with Crippen LogP contribution in [0, 0.1) is 0 Å². The molecule has 4 heterocycles. The van der Waals surface area contributed by atoms with Crippen LogP contribution >= 0.6 is 0 Å². The molecule has 0 bridgehead atoms. The molecule has 6 rings (SSSR count). The van der Waals surface area contributed by atoms with Crippen LogP contribution in [0.4, 0.5) is 16.3 Å². The van der Waals surface area contributed by atoms with E-state index in [1.807, 2.05) is 48.5 Å². The van der Waals surface area contributed by atoms with Crippen LogP contribution in [0.3, 0.4) is 0 Å². The van der Waals surface area contributed by atoms with Gasteiger partial charge in [-0.05, 0) is 18.6 Å². The Kier molecular flexibility index (Phi) is 6.42. The Hall–Kier alpha value is -4.39. The minimum Gasteiger partial charge on any atom is -0.481 e. The predicted molar refractivity (Wildman–Crippen MR) is 134 cm³/mol. The van der Waals surface area contributed by atoms with Crippen molar-refractivity contribution < 1.29 is 28.9 Å². The van der Waals surface area contributed by atoms with Crippen LogP contribution < -0.4 is 10.6 Å². The topological polar surface area (TPSA) is 150 Å². The molecule has 4 aromatic rings. The lowest BCUT2D eigenvalue weighted by Gasteiger charge is -2.21. The van der Waals surface area contributed by atoms with E-state index in [1.165, 1.54) is 6.33 Å². The van der Waals surface area contributed by atoms with E-state index in [9.17, 15) is 14.7 Å². The second kappa shape index (κ2) is 10.2. The lowest BCUT2D eigenvalue weighted by Crippen LogP contribution is -2.29. The van der Waals surface area contributed by atoms with E-state index in [-0.39, 0.29) is 18.7 Å². The highest BCUT2D eigenvalue weighted by atomic mass is 16.8. The number of hydrogen-bond donors (Lipinski definition) is 3. The monoisotopic (exact) mass is 516 g/mol. The number of ether oxygens (including phenoxy) is 3. The molecule has 2 aliphatic rings. The lowest BCUT2D eigenvalue weighted by atomic mass is 10.1. The number of para-hydroxylation sites is 1. The molecular formula is C26H24N6O6. The number of anilines is 2. The van der Waals surface area contributed by atoms with Crippen LogP contribution in [-0.4, -0.2) is 54.9 Å². The first-order valence-corrected chi connectivity index (χ1v) is 12.1. The number of nitrogens with zero attached hydrogens (tertiary/aromatic N) is 4. The van der Waals surface area contributed by atoms with Crippen molar-refractivity contribution in [1.29, 1.82) is 0 Å². The normalized spacial score (nSPS) is 24.3. The number of urea groups is 1. The number of carbonyl (C=O) groups excluding carboxylic acids is 1. The number of carboxylic acids is 1. The van der Waals surface area contributed by atoms with E-state index in [1.54, 1.807) is 23.0 Å². The quantitative estimate of drug-likeness (QED) is 0.334. The molecule has 5 atom stereocenters. The number of aromatic nitrogens is 4. The van der Waals surface area contributed by atoms with Gasteiger partial charge in [-0.1, -0.05) is 48.5 Å². The average molecular weight is 517 g/mol. The molecule has 0 radical (unpaired) electrons. The number of nitrogens with one attached hydrogen (secondary N) is 2. The molecule has 194 valence electrons. The highest BCUT2D eigenvalue weighted by Gasteiger charge is 2.53. The van der Waals surface area contributed by atoms with Gasteiger partial charge in [0.25, 0.3) is 0 Å². The smallest absolute Gasteiger partial charge is 0.324 e. The molecule has 0 aliphatic carbocycles. The van der Waals surface area contributed by atoms with Crippen molar-refractivity contribution in [3.05, 3.63) is 78.9 Å². The summed E-state index contributed by atoms with van der Waals surface area (Å²) in [5.41, 5.74) is 2.27. The third kappa shape index (κ3) is 4.67. The maximum atomic E-state index is 12.6. The minimum atomic E-state index is -0.919. The Morgan fingerprint density at radius 2 is 1.63 bits per heavy atom. The molecule has 12 nitrogen and oxygen atoms in total. The Labute approximate surface area is 216 Å². The lowest BCUT2D eigenvalue weighted by molar-refractivity contribution is -0.151. The first-order valence-electron chi connectivity index (χ1n) is 12.1. The fraction of sp³-hybridized carbons (Fsp3) is 0.269. The third-order valence-electron chi connectivity index (χ3n) is 6.46. The summed E-state index contributed by atoms with van der Waals surface area (Å²) in [7, 11) is 0. The Morgan fingerprint density at radius 1 is 0.895 bits per heavy atom. The summed E-state index contributed by atoms with van der Waals surface area (Å²) >= 11 is 0. The van der Waals surface area contributed by atoms with Crippen molar-refractivity contribution in [1.82, 2.24) is 19.5 Å². The number of rotatable bonds is 7. The standard InChI is InChI=1S/C26H24N6O6/c33-18(34)12-11-17-20-21(38-25(37-20)15-7-3-1-4-8-15)24(36-17)32-14-29-19-22(27-13-28-23(19)32)31-26(35)30-16-9-5-2-6-10-16/h1-10,13-14,17,20-21,24-25H,11-12H2,(H,33,34)(H2,27,28,30,31,35)/t17-,20?,21-,24?,25-/m0/s1. The van der Waals surface area contributed by atoms with E-state index in [2.05, 4.69) is 25.6 Å². The fourth-order valence-electron chi connectivity index (χ4n) is 4.75. The summed E-state index contributed by atoms with van der Waals surface area (Å²) in [6.07, 6.45) is 0.215. The van der Waals surface area contributed by atoms with Crippen LogP contribution in [0.1, 0.15) is 30.9 Å². The molecule has 2 saturated heterocycles. The average Bonchev–Trinajstić information content (AvgIpc) is 3.63. The summed E-state index contributed by atoms with van der Waals surface area (Å²) in [6, 6.07) is 18.1. The fourth-order valence-corrected chi connectivity index (χ4v) is 4.75. The van der Waals surface area contributed by atoms with Gasteiger partial charge in [-0.2, -0.15) is 0 Å². The number of carboxylic acid groups (broad SMARTS) is 1. The molecule has 3 N–H and O–H groups in total. The van der Waals surface area contributed by atoms with E-state index in [0.29, 0.717) is 16.9 Å². The molecular weight excluding hydrogens is 492 g/mol. The number of imidazole rings is 1. The largest absolute Gasteiger partial charge is 0.481 e. The second-order valence-electron chi connectivity index (χ2n) is 8.93. The van der Waals surface area contributed by atoms with E-state index in [0.717, 1.165) is 5.56 Å². The zero-order valence-corrected chi connectivity index (χ0v) is 20.0. The Morgan fingerprint density at radius 3 is 2.39 bits per heavy atom. The van der Waals surface area contributed by atoms with Gasteiger partial charge in [0.05, 0.1) is 12.4 Å². The maximum absolute atomic E-state index is 12.6. The Balaban J connectivity index is 1.26. The molecule has 0 saturated carbocycles. The SMILES string of the molecule is O=C(O)CC[C@@H]1OC(n2cnc3c(NC(=O)Nc4ccccc4)ncnc32)[C@H]2O[C@@H](c3ccccc3)OC21. The molecule has 2 aromatic heterocycles. The molecule has 2 amide bonds. The zero-order chi connectivity index (χ0) is 26.1. The van der Waals surface area contributed by atoms with Crippen LogP contribution in [0.2, 0.25) is 0 Å². The zero-order valence-electron chi connectivity index (χ0n) is 20.0. The van der Waals surface area contributed by atoms with Crippen molar-refractivity contribution in [2.75, 3.05) is 10.6 Å². The van der Waals surface area contributed by atoms with Crippen LogP contribution in [0.15, 0.2) is 73.3 Å². The third-order valence-corrected chi connectivity index (χ3v) is 6.46. The summed E-state index contributed by atoms with van der Waals surface area (Å²) in [5, 5.41) is 14.7.